The van der Waals surface area contributed by atoms with E-state index >= 15 is 0 Å². The average molecular weight is 231 g/mol. The summed E-state index contributed by atoms with van der Waals surface area (Å²) >= 11 is 6.15. The molecule has 0 aliphatic rings. The third-order valence-electron chi connectivity index (χ3n) is 2.18. The van der Waals surface area contributed by atoms with Crippen molar-refractivity contribution in [3.63, 3.8) is 0 Å². The Balaban J connectivity index is 2.19. The molecule has 4 nitrogen and oxygen atoms in total. The summed E-state index contributed by atoms with van der Waals surface area (Å²) in [5.74, 6) is 1.58. The lowest BCUT2D eigenvalue weighted by Crippen LogP contribution is -2.25. The van der Waals surface area contributed by atoms with E-state index in [2.05, 4.69) is 29.2 Å². The fraction of sp³-hybridized carbons (Fsp3) is 0.800. The van der Waals surface area contributed by atoms with E-state index in [0.717, 1.165) is 25.3 Å². The zero-order valence-corrected chi connectivity index (χ0v) is 10.3. The Labute approximate surface area is 96.0 Å². The summed E-state index contributed by atoms with van der Waals surface area (Å²) in [4.78, 5) is 4.12. The third-order valence-corrected chi connectivity index (χ3v) is 2.51. The Kier molecular flexibility index (Phi) is 5.05. The van der Waals surface area contributed by atoms with Gasteiger partial charge in [0.2, 0.25) is 0 Å². The molecule has 0 saturated heterocycles. The molecule has 5 heteroatoms. The van der Waals surface area contributed by atoms with E-state index < -0.39 is 0 Å². The smallest absolute Gasteiger partial charge is 0.140 e. The molecule has 0 radical (unpaired) electrons. The minimum atomic E-state index is 0.193. The summed E-state index contributed by atoms with van der Waals surface area (Å²) in [6.45, 7) is 5.89. The molecule has 1 aromatic rings. The quantitative estimate of drug-likeness (QED) is 0.755. The zero-order chi connectivity index (χ0) is 11.3. The van der Waals surface area contributed by atoms with E-state index in [1.807, 2.05) is 7.05 Å². The third kappa shape index (κ3) is 4.62. The minimum Gasteiger partial charge on any atom is -0.308 e. The maximum absolute atomic E-state index is 6.15. The van der Waals surface area contributed by atoms with E-state index in [4.69, 9.17) is 11.6 Å². The van der Waals surface area contributed by atoms with Gasteiger partial charge in [-0.1, -0.05) is 13.8 Å². The highest BCUT2D eigenvalue weighted by Crippen LogP contribution is 2.09. The number of halogens is 1. The molecule has 0 aromatic carbocycles. The maximum atomic E-state index is 6.15. The van der Waals surface area contributed by atoms with Crippen LogP contribution in [0.5, 0.6) is 0 Å². The van der Waals surface area contributed by atoms with Crippen molar-refractivity contribution >= 4 is 11.6 Å². The lowest BCUT2D eigenvalue weighted by atomic mass is 10.1. The number of alkyl halides is 1. The predicted molar refractivity (Wildman–Crippen MR) is 61.8 cm³/mol. The van der Waals surface area contributed by atoms with Crippen LogP contribution < -0.4 is 5.32 Å². The molecule has 1 heterocycles. The van der Waals surface area contributed by atoms with Crippen molar-refractivity contribution < 1.29 is 0 Å². The second-order valence-electron chi connectivity index (χ2n) is 4.16. The van der Waals surface area contributed by atoms with Crippen molar-refractivity contribution in [1.29, 1.82) is 0 Å². The van der Waals surface area contributed by atoms with Crippen molar-refractivity contribution in [2.45, 2.75) is 32.2 Å². The van der Waals surface area contributed by atoms with E-state index in [1.54, 1.807) is 11.0 Å². The Morgan fingerprint density at radius 1 is 1.53 bits per heavy atom. The zero-order valence-electron chi connectivity index (χ0n) is 9.57. The first kappa shape index (κ1) is 12.5. The molecule has 1 aromatic heterocycles. The van der Waals surface area contributed by atoms with Crippen molar-refractivity contribution in [2.24, 2.45) is 13.0 Å². The molecule has 1 N–H and O–H groups in total. The van der Waals surface area contributed by atoms with Gasteiger partial charge in [-0.25, -0.2) is 4.98 Å². The molecular weight excluding hydrogens is 212 g/mol. The van der Waals surface area contributed by atoms with Crippen LogP contribution in [0.2, 0.25) is 0 Å². The Hall–Kier alpha value is -0.610. The van der Waals surface area contributed by atoms with E-state index in [-0.39, 0.29) is 5.38 Å². The van der Waals surface area contributed by atoms with Gasteiger partial charge in [-0.3, -0.25) is 4.68 Å². The number of nitrogens with zero attached hydrogens (tertiary/aromatic N) is 3. The number of hydrogen-bond donors (Lipinski definition) is 1. The van der Waals surface area contributed by atoms with Gasteiger partial charge in [0, 0.05) is 19.0 Å². The molecule has 0 saturated carbocycles. The molecule has 0 aliphatic carbocycles. The topological polar surface area (TPSA) is 42.7 Å². The van der Waals surface area contributed by atoms with Crippen LogP contribution in [0.1, 0.15) is 26.1 Å². The van der Waals surface area contributed by atoms with Gasteiger partial charge in [0.05, 0.1) is 6.54 Å². The van der Waals surface area contributed by atoms with Gasteiger partial charge >= 0.3 is 0 Å². The van der Waals surface area contributed by atoms with Gasteiger partial charge in [-0.15, -0.1) is 11.6 Å². The highest BCUT2D eigenvalue weighted by molar-refractivity contribution is 6.20. The first-order valence-electron chi connectivity index (χ1n) is 5.27. The van der Waals surface area contributed by atoms with Crippen molar-refractivity contribution in [2.75, 3.05) is 6.54 Å². The van der Waals surface area contributed by atoms with Crippen molar-refractivity contribution in [3.8, 4) is 0 Å². The van der Waals surface area contributed by atoms with Crippen LogP contribution in [0.4, 0.5) is 0 Å². The molecule has 0 bridgehead atoms. The summed E-state index contributed by atoms with van der Waals surface area (Å²) in [7, 11) is 1.89. The maximum Gasteiger partial charge on any atom is 0.140 e. The van der Waals surface area contributed by atoms with Crippen LogP contribution in [0, 0.1) is 5.92 Å². The number of aryl methyl sites for hydroxylation is 1. The Bertz CT molecular complexity index is 285. The summed E-state index contributed by atoms with van der Waals surface area (Å²) < 4.78 is 1.76. The predicted octanol–water partition coefficient (Wildman–Crippen LogP) is 1.56. The van der Waals surface area contributed by atoms with Crippen LogP contribution in [-0.2, 0) is 13.6 Å². The van der Waals surface area contributed by atoms with E-state index in [0.29, 0.717) is 5.92 Å². The van der Waals surface area contributed by atoms with Crippen LogP contribution >= 0.6 is 11.6 Å². The highest BCUT2D eigenvalue weighted by Gasteiger charge is 2.07. The van der Waals surface area contributed by atoms with Gasteiger partial charge in [-0.2, -0.15) is 5.10 Å². The number of aromatic nitrogens is 3. The van der Waals surface area contributed by atoms with Crippen molar-refractivity contribution in [3.05, 3.63) is 12.2 Å². The average Bonchev–Trinajstić information content (AvgIpc) is 2.50. The van der Waals surface area contributed by atoms with Crippen LogP contribution in [-0.4, -0.2) is 26.7 Å². The molecule has 0 aliphatic heterocycles. The highest BCUT2D eigenvalue weighted by atomic mass is 35.5. The minimum absolute atomic E-state index is 0.193. The van der Waals surface area contributed by atoms with Crippen LogP contribution in [0.15, 0.2) is 6.33 Å². The molecule has 1 unspecified atom stereocenters. The first-order valence-corrected chi connectivity index (χ1v) is 5.71. The number of rotatable bonds is 6. The second kappa shape index (κ2) is 6.08. The Morgan fingerprint density at radius 3 is 2.80 bits per heavy atom. The summed E-state index contributed by atoms with van der Waals surface area (Å²) in [6.07, 6.45) is 2.59. The monoisotopic (exact) mass is 230 g/mol. The molecule has 15 heavy (non-hydrogen) atoms. The van der Waals surface area contributed by atoms with Gasteiger partial charge in [-0.05, 0) is 12.3 Å². The Morgan fingerprint density at radius 2 is 2.27 bits per heavy atom. The number of nitrogens with one attached hydrogen (secondary N) is 1. The fourth-order valence-electron chi connectivity index (χ4n) is 1.42. The summed E-state index contributed by atoms with van der Waals surface area (Å²) in [5.41, 5.74) is 0. The number of hydrogen-bond acceptors (Lipinski definition) is 3. The van der Waals surface area contributed by atoms with Crippen LogP contribution in [0.3, 0.4) is 0 Å². The van der Waals surface area contributed by atoms with Gasteiger partial charge < -0.3 is 5.32 Å². The first-order chi connectivity index (χ1) is 7.09. The molecular formula is C10H19ClN4. The molecule has 0 spiro atoms. The SMILES string of the molecule is CC(C)CC(Cl)CNCc1ncnn1C. The molecule has 0 amide bonds. The molecule has 1 rings (SSSR count). The lowest BCUT2D eigenvalue weighted by Gasteiger charge is -2.12. The van der Waals surface area contributed by atoms with Crippen molar-refractivity contribution in [1.82, 2.24) is 20.1 Å². The van der Waals surface area contributed by atoms with Gasteiger partial charge in [0.25, 0.3) is 0 Å². The molecule has 0 fully saturated rings. The second-order valence-corrected chi connectivity index (χ2v) is 4.77. The normalized spacial score (nSPS) is 13.4. The summed E-state index contributed by atoms with van der Waals surface area (Å²) in [6, 6.07) is 0. The van der Waals surface area contributed by atoms with Gasteiger partial charge in [0.15, 0.2) is 0 Å². The summed E-state index contributed by atoms with van der Waals surface area (Å²) in [5, 5.41) is 7.47. The fourth-order valence-corrected chi connectivity index (χ4v) is 1.88. The lowest BCUT2D eigenvalue weighted by molar-refractivity contribution is 0.524. The largest absolute Gasteiger partial charge is 0.308 e. The van der Waals surface area contributed by atoms with E-state index in [1.165, 1.54) is 0 Å². The van der Waals surface area contributed by atoms with E-state index in [9.17, 15) is 0 Å². The standard InChI is InChI=1S/C10H19ClN4/c1-8(2)4-9(11)5-12-6-10-13-7-14-15(10)3/h7-9,12H,4-6H2,1-3H3. The molecule has 86 valence electrons. The molecule has 1 atom stereocenters. The van der Waals surface area contributed by atoms with Crippen LogP contribution in [0.25, 0.3) is 0 Å². The van der Waals surface area contributed by atoms with Gasteiger partial charge in [0.1, 0.15) is 12.2 Å².